The fourth-order valence-electron chi connectivity index (χ4n) is 1.04. The van der Waals surface area contributed by atoms with Gasteiger partial charge in [-0.3, -0.25) is 4.79 Å². The van der Waals surface area contributed by atoms with E-state index in [4.69, 9.17) is 11.5 Å². The highest BCUT2D eigenvalue weighted by Crippen LogP contribution is 1.88. The second kappa shape index (κ2) is 6.10. The van der Waals surface area contributed by atoms with Crippen molar-refractivity contribution in [1.82, 2.24) is 19.5 Å². The smallest absolute Gasteiger partial charge is 0.356 e. The average Bonchev–Trinajstić information content (AvgIpc) is 2.28. The molecule has 0 bridgehead atoms. The Bertz CT molecular complexity index is 690. The fraction of sp³-hybridized carbons (Fsp3) is 0.100. The molecule has 5 N–H and O–H groups in total. The summed E-state index contributed by atoms with van der Waals surface area (Å²) in [5.74, 6) is -0.0104. The molecule has 2 rings (SSSR count). The number of anilines is 2. The van der Waals surface area contributed by atoms with Crippen LogP contribution in [0.5, 0.6) is 0 Å². The number of rotatable bonds is 0. The number of aromatic amines is 1. The first-order chi connectivity index (χ1) is 8.90. The topological polar surface area (TPSA) is 150 Å². The number of hydrogen-bond acceptors (Lipinski definition) is 7. The van der Waals surface area contributed by atoms with Crippen molar-refractivity contribution < 1.29 is 4.79 Å². The molecule has 0 saturated heterocycles. The first-order valence-electron chi connectivity index (χ1n) is 5.07. The summed E-state index contributed by atoms with van der Waals surface area (Å²) in [4.78, 5) is 40.8. The van der Waals surface area contributed by atoms with Gasteiger partial charge in [0.05, 0.1) is 0 Å². The Labute approximate surface area is 106 Å². The number of H-pyrrole nitrogens is 1. The van der Waals surface area contributed by atoms with Gasteiger partial charge in [-0.25, -0.2) is 14.2 Å². The largest absolute Gasteiger partial charge is 0.383 e. The molecule has 0 radical (unpaired) electrons. The molecule has 0 fully saturated rings. The quantitative estimate of drug-likeness (QED) is 0.542. The minimum atomic E-state index is -0.641. The van der Waals surface area contributed by atoms with E-state index in [-0.39, 0.29) is 17.5 Å². The van der Waals surface area contributed by atoms with Gasteiger partial charge in [-0.15, -0.1) is 0 Å². The van der Waals surface area contributed by atoms with Crippen molar-refractivity contribution in [1.29, 1.82) is 0 Å². The third-order valence-corrected chi connectivity index (χ3v) is 1.86. The Balaban J connectivity index is 0.000000200. The Morgan fingerprint density at radius 3 is 2.26 bits per heavy atom. The van der Waals surface area contributed by atoms with Gasteiger partial charge in [0.25, 0.3) is 0 Å². The first-order valence-corrected chi connectivity index (χ1v) is 5.07. The SMILES string of the molecule is CC(=O)n1ccc(N)nc1=O.Nc1cc[nH]c(=O)n1. The summed E-state index contributed by atoms with van der Waals surface area (Å²) in [7, 11) is 0. The summed E-state index contributed by atoms with van der Waals surface area (Å²) in [6.07, 6.45) is 2.75. The zero-order valence-electron chi connectivity index (χ0n) is 10.0. The van der Waals surface area contributed by atoms with Crippen LogP contribution >= 0.6 is 0 Å². The van der Waals surface area contributed by atoms with Gasteiger partial charge in [0.15, 0.2) is 0 Å². The van der Waals surface area contributed by atoms with Gasteiger partial charge in [0.1, 0.15) is 11.6 Å². The maximum Gasteiger partial charge on any atom is 0.356 e. The number of hydrogen-bond donors (Lipinski definition) is 3. The molecule has 0 atom stereocenters. The van der Waals surface area contributed by atoms with Crippen LogP contribution in [0.25, 0.3) is 0 Å². The summed E-state index contributed by atoms with van der Waals surface area (Å²) in [5, 5.41) is 0. The fourth-order valence-corrected chi connectivity index (χ4v) is 1.04. The molecule has 2 aromatic rings. The Kier molecular flexibility index (Phi) is 4.52. The summed E-state index contributed by atoms with van der Waals surface area (Å²) in [6.45, 7) is 1.28. The molecular weight excluding hydrogens is 252 g/mol. The van der Waals surface area contributed by atoms with Gasteiger partial charge < -0.3 is 16.5 Å². The van der Waals surface area contributed by atoms with Crippen LogP contribution in [0.2, 0.25) is 0 Å². The van der Waals surface area contributed by atoms with E-state index in [0.29, 0.717) is 0 Å². The summed E-state index contributed by atoms with van der Waals surface area (Å²) >= 11 is 0. The lowest BCUT2D eigenvalue weighted by atomic mass is 10.5. The Morgan fingerprint density at radius 1 is 1.21 bits per heavy atom. The predicted octanol–water partition coefficient (Wildman–Crippen LogP) is -1.16. The average molecular weight is 264 g/mol. The standard InChI is InChI=1S/C6H7N3O2.C4H5N3O/c1-4(10)9-3-2-5(7)8-6(9)11;5-3-1-2-6-4(8)7-3/h2-3H,1H3,(H2,7,8,11);1-2H,(H3,5,6,7,8). The minimum Gasteiger partial charge on any atom is -0.383 e. The van der Waals surface area contributed by atoms with Crippen molar-refractivity contribution in [3.05, 3.63) is 45.5 Å². The van der Waals surface area contributed by atoms with Crippen LogP contribution in [-0.4, -0.2) is 25.4 Å². The van der Waals surface area contributed by atoms with Gasteiger partial charge in [-0.05, 0) is 12.1 Å². The van der Waals surface area contributed by atoms with Crippen LogP contribution in [0.3, 0.4) is 0 Å². The molecule has 0 aromatic carbocycles. The molecule has 0 unspecified atom stereocenters. The zero-order valence-corrected chi connectivity index (χ0v) is 10.0. The van der Waals surface area contributed by atoms with Crippen LogP contribution in [0.4, 0.5) is 11.6 Å². The lowest BCUT2D eigenvalue weighted by Crippen LogP contribution is -2.26. The summed E-state index contributed by atoms with van der Waals surface area (Å²) in [5.41, 5.74) is 9.27. The van der Waals surface area contributed by atoms with Crippen molar-refractivity contribution in [2.24, 2.45) is 0 Å². The highest BCUT2D eigenvalue weighted by atomic mass is 16.2. The number of aromatic nitrogens is 4. The number of carbonyl (C=O) groups excluding carboxylic acids is 1. The van der Waals surface area contributed by atoms with Crippen LogP contribution in [0, 0.1) is 0 Å². The molecule has 100 valence electrons. The van der Waals surface area contributed by atoms with Crippen molar-refractivity contribution >= 4 is 17.5 Å². The second-order valence-electron chi connectivity index (χ2n) is 3.34. The van der Waals surface area contributed by atoms with Crippen LogP contribution in [0.15, 0.2) is 34.1 Å². The van der Waals surface area contributed by atoms with Crippen molar-refractivity contribution in [3.8, 4) is 0 Å². The van der Waals surface area contributed by atoms with E-state index in [2.05, 4.69) is 15.0 Å². The number of nitrogens with one attached hydrogen (secondary N) is 1. The third kappa shape index (κ3) is 4.42. The van der Waals surface area contributed by atoms with E-state index in [0.717, 1.165) is 4.57 Å². The molecular formula is C10H12N6O3. The maximum atomic E-state index is 10.8. The van der Waals surface area contributed by atoms with E-state index in [1.165, 1.54) is 31.5 Å². The first kappa shape index (κ1) is 14.1. The van der Waals surface area contributed by atoms with E-state index in [1.54, 1.807) is 0 Å². The molecule has 0 spiro atoms. The molecule has 9 nitrogen and oxygen atoms in total. The summed E-state index contributed by atoms with van der Waals surface area (Å²) < 4.78 is 0.885. The Hall–Kier alpha value is -2.97. The minimum absolute atomic E-state index is 0.118. The highest BCUT2D eigenvalue weighted by Gasteiger charge is 2.00. The lowest BCUT2D eigenvalue weighted by Gasteiger charge is -1.96. The highest BCUT2D eigenvalue weighted by molar-refractivity contribution is 5.75. The van der Waals surface area contributed by atoms with Gasteiger partial charge in [-0.2, -0.15) is 9.97 Å². The maximum absolute atomic E-state index is 10.8. The molecule has 0 amide bonds. The van der Waals surface area contributed by atoms with Crippen LogP contribution in [0.1, 0.15) is 11.7 Å². The summed E-state index contributed by atoms with van der Waals surface area (Å²) in [6, 6.07) is 2.91. The van der Waals surface area contributed by atoms with E-state index >= 15 is 0 Å². The molecule has 9 heteroatoms. The lowest BCUT2D eigenvalue weighted by molar-refractivity contribution is 0.0931. The van der Waals surface area contributed by atoms with Gasteiger partial charge in [-0.1, -0.05) is 0 Å². The monoisotopic (exact) mass is 264 g/mol. The number of nitrogens with zero attached hydrogens (tertiary/aromatic N) is 3. The molecule has 2 aromatic heterocycles. The predicted molar refractivity (Wildman–Crippen MR) is 68.5 cm³/mol. The van der Waals surface area contributed by atoms with Crippen LogP contribution < -0.4 is 22.8 Å². The molecule has 19 heavy (non-hydrogen) atoms. The van der Waals surface area contributed by atoms with Crippen molar-refractivity contribution in [2.45, 2.75) is 6.92 Å². The number of nitrogen functional groups attached to an aromatic ring is 2. The van der Waals surface area contributed by atoms with Gasteiger partial charge in [0, 0.05) is 19.3 Å². The third-order valence-electron chi connectivity index (χ3n) is 1.86. The van der Waals surface area contributed by atoms with Crippen molar-refractivity contribution in [3.63, 3.8) is 0 Å². The number of nitrogens with two attached hydrogens (primary N) is 2. The zero-order chi connectivity index (χ0) is 14.4. The van der Waals surface area contributed by atoms with E-state index < -0.39 is 11.4 Å². The second-order valence-corrected chi connectivity index (χ2v) is 3.34. The molecule has 2 heterocycles. The van der Waals surface area contributed by atoms with E-state index in [9.17, 15) is 14.4 Å². The van der Waals surface area contributed by atoms with Gasteiger partial charge in [0.2, 0.25) is 5.91 Å². The molecule has 0 aliphatic rings. The number of carbonyl (C=O) groups is 1. The molecule has 0 aliphatic heterocycles. The molecule has 0 aliphatic carbocycles. The Morgan fingerprint density at radius 2 is 1.84 bits per heavy atom. The normalized spacial score (nSPS) is 9.32. The van der Waals surface area contributed by atoms with Crippen LogP contribution in [-0.2, 0) is 0 Å². The van der Waals surface area contributed by atoms with Gasteiger partial charge >= 0.3 is 11.4 Å². The molecule has 0 saturated carbocycles. The van der Waals surface area contributed by atoms with E-state index in [1.807, 2.05) is 0 Å². The van der Waals surface area contributed by atoms with Crippen molar-refractivity contribution in [2.75, 3.05) is 11.5 Å².